The summed E-state index contributed by atoms with van der Waals surface area (Å²) in [4.78, 5) is 37.0. The summed E-state index contributed by atoms with van der Waals surface area (Å²) in [6.45, 7) is 5.36. The number of aromatic nitrogens is 5. The van der Waals surface area contributed by atoms with Crippen molar-refractivity contribution in [1.82, 2.24) is 40.3 Å². The number of imidazole rings is 1. The van der Waals surface area contributed by atoms with Crippen molar-refractivity contribution in [3.8, 4) is 0 Å². The number of carbonyl (C=O) groups is 2. The van der Waals surface area contributed by atoms with Crippen LogP contribution < -0.4 is 10.6 Å². The first-order chi connectivity index (χ1) is 18.9. The van der Waals surface area contributed by atoms with Gasteiger partial charge in [0.2, 0.25) is 0 Å². The summed E-state index contributed by atoms with van der Waals surface area (Å²) in [6.07, 6.45) is -7.23. The maximum atomic E-state index is 12.8. The van der Waals surface area contributed by atoms with Crippen LogP contribution >= 0.6 is 0 Å². The highest BCUT2D eigenvalue weighted by molar-refractivity contribution is 5.92. The van der Waals surface area contributed by atoms with E-state index in [0.717, 1.165) is 25.9 Å². The lowest BCUT2D eigenvalue weighted by Crippen LogP contribution is -2.40. The monoisotopic (exact) mass is 592 g/mol. The van der Waals surface area contributed by atoms with Crippen molar-refractivity contribution in [3.63, 3.8) is 0 Å². The molecule has 4 rings (SSSR count). The third kappa shape index (κ3) is 7.65. The van der Waals surface area contributed by atoms with Crippen LogP contribution in [0.2, 0.25) is 0 Å². The topological polar surface area (TPSA) is 130 Å². The van der Waals surface area contributed by atoms with Crippen molar-refractivity contribution >= 4 is 23.1 Å². The predicted octanol–water partition coefficient (Wildman–Crippen LogP) is 4.10. The van der Waals surface area contributed by atoms with Gasteiger partial charge in [-0.3, -0.25) is 9.48 Å². The first-order valence-electron chi connectivity index (χ1n) is 12.3. The molecule has 1 fully saturated rings. The molecule has 1 aliphatic heterocycles. The number of H-pyrrole nitrogens is 1. The average Bonchev–Trinajstić information content (AvgIpc) is 3.60. The van der Waals surface area contributed by atoms with E-state index in [2.05, 4.69) is 30.1 Å². The maximum Gasteiger partial charge on any atom is 0.416 e. The zero-order chi connectivity index (χ0) is 30.8. The Morgan fingerprint density at radius 3 is 2.37 bits per heavy atom. The van der Waals surface area contributed by atoms with Crippen LogP contribution in [-0.2, 0) is 17.8 Å². The summed E-state index contributed by atoms with van der Waals surface area (Å²) in [5, 5.41) is 8.82. The number of urea groups is 1. The number of halogens is 6. The normalized spacial score (nSPS) is 16.1. The average molecular weight is 593 g/mol. The number of hydrogen-bond acceptors (Lipinski definition) is 6. The molecule has 41 heavy (non-hydrogen) atoms. The quantitative estimate of drug-likeness (QED) is 0.355. The summed E-state index contributed by atoms with van der Waals surface area (Å²) in [5.74, 6) is 0.161. The molecule has 1 unspecified atom stereocenters. The minimum Gasteiger partial charge on any atom is -0.369 e. The lowest BCUT2D eigenvalue weighted by atomic mass is 10.1. The number of hydrogen-bond donors (Lipinski definition) is 3. The number of aromatic amines is 1. The molecule has 0 aromatic carbocycles. The Bertz CT molecular complexity index is 1370. The number of amides is 3. The van der Waals surface area contributed by atoms with E-state index in [1.54, 1.807) is 29.1 Å². The zero-order valence-corrected chi connectivity index (χ0v) is 22.8. The number of ether oxygens (including phenoxy) is 1. The molecule has 3 aromatic rings. The highest BCUT2D eigenvalue weighted by atomic mass is 19.4. The molecule has 0 spiro atoms. The van der Waals surface area contributed by atoms with Crippen molar-refractivity contribution in [2.24, 2.45) is 0 Å². The molecule has 1 aliphatic rings. The van der Waals surface area contributed by atoms with Crippen LogP contribution in [0.15, 0.2) is 24.4 Å². The molecular weight excluding hydrogens is 562 g/mol. The van der Waals surface area contributed by atoms with Crippen molar-refractivity contribution in [1.29, 1.82) is 0 Å². The molecule has 1 saturated heterocycles. The molecule has 0 radical (unpaired) electrons. The number of fused-ring (bicyclic) bond motifs is 1. The van der Waals surface area contributed by atoms with Gasteiger partial charge in [0.15, 0.2) is 11.2 Å². The third-order valence-electron chi connectivity index (χ3n) is 6.19. The molecule has 3 aromatic heterocycles. The second-order valence-electron chi connectivity index (χ2n) is 9.93. The van der Waals surface area contributed by atoms with E-state index in [-0.39, 0.29) is 25.0 Å². The second-order valence-corrected chi connectivity index (χ2v) is 9.93. The summed E-state index contributed by atoms with van der Waals surface area (Å²) in [6, 6.07) is 2.26. The van der Waals surface area contributed by atoms with Gasteiger partial charge in [-0.05, 0) is 45.9 Å². The van der Waals surface area contributed by atoms with Crippen LogP contribution in [0.25, 0.3) is 11.2 Å². The smallest absolute Gasteiger partial charge is 0.369 e. The van der Waals surface area contributed by atoms with Crippen LogP contribution in [0, 0.1) is 0 Å². The second kappa shape index (κ2) is 11.9. The molecule has 0 aliphatic carbocycles. The van der Waals surface area contributed by atoms with E-state index in [9.17, 15) is 35.9 Å². The number of rotatable bonds is 7. The number of pyridine rings is 1. The van der Waals surface area contributed by atoms with E-state index in [4.69, 9.17) is 0 Å². The van der Waals surface area contributed by atoms with Gasteiger partial charge in [0.25, 0.3) is 5.91 Å². The van der Waals surface area contributed by atoms with E-state index in [1.807, 2.05) is 19.2 Å². The summed E-state index contributed by atoms with van der Waals surface area (Å²) in [5.41, 5.74) is -0.251. The Morgan fingerprint density at radius 2 is 1.83 bits per heavy atom. The van der Waals surface area contributed by atoms with Crippen LogP contribution in [0.4, 0.5) is 31.1 Å². The fraction of sp³-hybridized carbons (Fsp3) is 0.542. The number of nitrogens with zero attached hydrogens (tertiary/aromatic N) is 5. The first kappa shape index (κ1) is 31.6. The van der Waals surface area contributed by atoms with Gasteiger partial charge in [0.05, 0.1) is 30.8 Å². The van der Waals surface area contributed by atoms with E-state index >= 15 is 0 Å². The Hall–Kier alpha value is -3.89. The van der Waals surface area contributed by atoms with Crippen LogP contribution in [-0.4, -0.2) is 79.2 Å². The van der Waals surface area contributed by atoms with Gasteiger partial charge in [-0.1, -0.05) is 0 Å². The SMILES string of the molecule is CC(C)n1nccc1C(=O)NCc1nc2nc(CN3CC(C(F)(F)F)NC3=O)ccc2[nH]1.COC(C)(C)C(F)(F)F. The summed E-state index contributed by atoms with van der Waals surface area (Å²) >= 11 is 0. The molecule has 0 bridgehead atoms. The fourth-order valence-electron chi connectivity index (χ4n) is 3.54. The Balaban J connectivity index is 0.000000445. The Kier molecular flexibility index (Phi) is 9.20. The summed E-state index contributed by atoms with van der Waals surface area (Å²) < 4.78 is 79.4. The Labute approximate surface area is 230 Å². The highest BCUT2D eigenvalue weighted by Gasteiger charge is 2.48. The van der Waals surface area contributed by atoms with Gasteiger partial charge in [0, 0.05) is 19.3 Å². The van der Waals surface area contributed by atoms with Crippen molar-refractivity contribution < 1.29 is 40.7 Å². The van der Waals surface area contributed by atoms with Gasteiger partial charge >= 0.3 is 18.4 Å². The molecule has 3 N–H and O–H groups in total. The minimum absolute atomic E-state index is 0.0312. The molecule has 1 atom stereocenters. The van der Waals surface area contributed by atoms with Crippen LogP contribution in [0.1, 0.15) is 55.7 Å². The lowest BCUT2D eigenvalue weighted by molar-refractivity contribution is -0.255. The van der Waals surface area contributed by atoms with Gasteiger partial charge in [-0.15, -0.1) is 0 Å². The lowest BCUT2D eigenvalue weighted by Gasteiger charge is -2.25. The number of alkyl halides is 6. The van der Waals surface area contributed by atoms with Gasteiger partial charge in [-0.25, -0.2) is 14.8 Å². The van der Waals surface area contributed by atoms with Crippen LogP contribution in [0.5, 0.6) is 0 Å². The standard InChI is InChI=1S/C19H21F3N8O2.C5H9F3O/c1-10(2)30-13(5-6-24-30)17(31)23-7-15-26-12-4-3-11(25-16(12)28-15)8-29-9-14(19(20,21)22)27-18(29)32;1-4(2,9-3)5(6,7)8/h3-6,10,14H,7-9H2,1-2H3,(H,23,31)(H,27,32)(H,25,26,28);1-3H3. The fourth-order valence-corrected chi connectivity index (χ4v) is 3.54. The zero-order valence-electron chi connectivity index (χ0n) is 22.8. The number of nitrogens with one attached hydrogen (secondary N) is 3. The predicted molar refractivity (Wildman–Crippen MR) is 134 cm³/mol. The van der Waals surface area contributed by atoms with E-state index < -0.39 is 36.6 Å². The molecular formula is C24H30F6N8O3. The highest BCUT2D eigenvalue weighted by Crippen LogP contribution is 2.31. The van der Waals surface area contributed by atoms with E-state index in [1.165, 1.54) is 0 Å². The molecule has 4 heterocycles. The first-order valence-corrected chi connectivity index (χ1v) is 12.3. The number of carbonyl (C=O) groups excluding carboxylic acids is 2. The largest absolute Gasteiger partial charge is 0.416 e. The van der Waals surface area contributed by atoms with Gasteiger partial charge in [0.1, 0.15) is 17.6 Å². The minimum atomic E-state index is -4.50. The van der Waals surface area contributed by atoms with Crippen LogP contribution in [0.3, 0.4) is 0 Å². The van der Waals surface area contributed by atoms with Crippen molar-refractivity contribution in [3.05, 3.63) is 41.6 Å². The maximum absolute atomic E-state index is 12.8. The third-order valence-corrected chi connectivity index (χ3v) is 6.19. The molecule has 226 valence electrons. The van der Waals surface area contributed by atoms with Crippen molar-refractivity contribution in [2.75, 3.05) is 13.7 Å². The number of methoxy groups -OCH3 is 1. The summed E-state index contributed by atoms with van der Waals surface area (Å²) in [7, 11) is 1.04. The Morgan fingerprint density at radius 1 is 1.15 bits per heavy atom. The molecule has 17 heteroatoms. The van der Waals surface area contributed by atoms with E-state index in [0.29, 0.717) is 28.4 Å². The molecule has 0 saturated carbocycles. The van der Waals surface area contributed by atoms with Gasteiger partial charge < -0.3 is 25.3 Å². The molecule has 3 amide bonds. The van der Waals surface area contributed by atoms with Crippen molar-refractivity contribution in [2.45, 2.75) is 70.8 Å². The molecule has 11 nitrogen and oxygen atoms in total. The van der Waals surface area contributed by atoms with Gasteiger partial charge in [-0.2, -0.15) is 31.4 Å².